The second-order valence-corrected chi connectivity index (χ2v) is 12.0. The van der Waals surface area contributed by atoms with Crippen molar-refractivity contribution < 1.29 is 39.9 Å². The van der Waals surface area contributed by atoms with Gasteiger partial charge in [-0.25, -0.2) is 26.3 Å². The summed E-state index contributed by atoms with van der Waals surface area (Å²) in [6, 6.07) is 13.1. The Hall–Kier alpha value is -3.53. The summed E-state index contributed by atoms with van der Waals surface area (Å²) in [5.41, 5.74) is 0.0242. The Balaban J connectivity index is 1.34. The molecule has 0 atom stereocenters. The molecule has 0 heterocycles. The van der Waals surface area contributed by atoms with Crippen molar-refractivity contribution in [3.8, 4) is 28.0 Å². The van der Waals surface area contributed by atoms with Gasteiger partial charge in [0.05, 0.1) is 0 Å². The second-order valence-electron chi connectivity index (χ2n) is 10.4. The molecule has 1 aliphatic carbocycles. The molecule has 0 aliphatic heterocycles. The van der Waals surface area contributed by atoms with E-state index in [-0.39, 0.29) is 23.3 Å². The Morgan fingerprint density at radius 3 is 1.79 bits per heavy atom. The van der Waals surface area contributed by atoms with Crippen molar-refractivity contribution in [2.24, 2.45) is 0 Å². The minimum Gasteiger partial charge on any atom is -0.429 e. The summed E-state index contributed by atoms with van der Waals surface area (Å²) in [7, 11) is 0. The van der Waals surface area contributed by atoms with Crippen LogP contribution in [0.25, 0.3) is 22.3 Å². The number of alkyl halides is 2. The summed E-state index contributed by atoms with van der Waals surface area (Å²) in [5, 5.41) is 0.711. The zero-order chi connectivity index (χ0) is 30.9. The molecule has 0 aromatic heterocycles. The summed E-state index contributed by atoms with van der Waals surface area (Å²) in [6.07, 6.45) is -0.148. The molecule has 0 spiro atoms. The van der Waals surface area contributed by atoms with Gasteiger partial charge in [0.1, 0.15) is 28.8 Å². The molecule has 226 valence electrons. The number of hydrogen-bond acceptors (Lipinski definition) is 2. The third kappa shape index (κ3) is 6.69. The van der Waals surface area contributed by atoms with E-state index in [1.807, 2.05) is 36.0 Å². The molecule has 0 unspecified atom stereocenters. The number of hydrogen-bond donors (Lipinski definition) is 0. The van der Waals surface area contributed by atoms with E-state index in [0.717, 1.165) is 24.2 Å². The Labute approximate surface area is 247 Å². The third-order valence-electron chi connectivity index (χ3n) is 7.61. The number of rotatable bonds is 8. The van der Waals surface area contributed by atoms with Gasteiger partial charge in [-0.1, -0.05) is 43.3 Å². The predicted octanol–water partition coefficient (Wildman–Crippen LogP) is 10.8. The van der Waals surface area contributed by atoms with Crippen LogP contribution >= 0.6 is 11.8 Å². The van der Waals surface area contributed by atoms with Crippen LogP contribution in [0.5, 0.6) is 5.75 Å². The molecule has 1 nitrogen and oxygen atoms in total. The molecule has 1 saturated carbocycles. The van der Waals surface area contributed by atoms with Crippen LogP contribution in [0.2, 0.25) is 0 Å². The molecular weight excluding hydrogens is 596 g/mol. The largest absolute Gasteiger partial charge is 0.432 e. The summed E-state index contributed by atoms with van der Waals surface area (Å²) in [6.45, 7) is 2.17. The van der Waals surface area contributed by atoms with Gasteiger partial charge in [-0.2, -0.15) is 20.5 Å². The Morgan fingerprint density at radius 2 is 1.23 bits per heavy atom. The van der Waals surface area contributed by atoms with E-state index in [1.165, 1.54) is 30.5 Å². The molecule has 10 heteroatoms. The van der Waals surface area contributed by atoms with Crippen LogP contribution in [-0.2, 0) is 6.11 Å². The SMILES string of the molecule is CCSC1CCC(c2ccc(-c3ccc(-c4cc(F)c(C(F)(F)Oc5cc(F)c(F)c(F)c5)c(F)c4)c(F)c3)cc2)CC1. The summed E-state index contributed by atoms with van der Waals surface area (Å²) >= 11 is 2.01. The maximum absolute atomic E-state index is 15.2. The van der Waals surface area contributed by atoms with Crippen LogP contribution in [0, 0.1) is 34.9 Å². The van der Waals surface area contributed by atoms with Crippen LogP contribution in [0.3, 0.4) is 0 Å². The molecule has 5 rings (SSSR count). The average Bonchev–Trinajstić information content (AvgIpc) is 2.95. The van der Waals surface area contributed by atoms with Gasteiger partial charge < -0.3 is 4.74 Å². The minimum absolute atomic E-state index is 0.110. The Kier molecular flexibility index (Phi) is 9.06. The quantitative estimate of drug-likeness (QED) is 0.143. The van der Waals surface area contributed by atoms with Crippen molar-refractivity contribution >= 4 is 11.8 Å². The van der Waals surface area contributed by atoms with Gasteiger partial charge in [0.15, 0.2) is 17.5 Å². The topological polar surface area (TPSA) is 9.23 Å². The van der Waals surface area contributed by atoms with E-state index in [1.54, 1.807) is 6.07 Å². The fourth-order valence-electron chi connectivity index (χ4n) is 5.47. The summed E-state index contributed by atoms with van der Waals surface area (Å²) < 4.78 is 118. The molecule has 0 radical (unpaired) electrons. The highest BCUT2D eigenvalue weighted by molar-refractivity contribution is 7.99. The van der Waals surface area contributed by atoms with E-state index in [0.29, 0.717) is 28.9 Å². The van der Waals surface area contributed by atoms with Crippen LogP contribution in [0.4, 0.5) is 35.1 Å². The number of thioether (sulfide) groups is 1. The van der Waals surface area contributed by atoms with Crippen LogP contribution in [0.1, 0.15) is 49.7 Å². The maximum Gasteiger partial charge on any atom is 0.432 e. The van der Waals surface area contributed by atoms with Gasteiger partial charge >= 0.3 is 6.11 Å². The Morgan fingerprint density at radius 1 is 0.674 bits per heavy atom. The fraction of sp³-hybridized carbons (Fsp3) is 0.273. The van der Waals surface area contributed by atoms with Gasteiger partial charge in [0.25, 0.3) is 0 Å². The normalized spacial score (nSPS) is 17.2. The second kappa shape index (κ2) is 12.6. The highest BCUT2D eigenvalue weighted by atomic mass is 32.2. The first-order valence-electron chi connectivity index (χ1n) is 13.7. The number of ether oxygens (including phenoxy) is 1. The molecule has 0 bridgehead atoms. The van der Waals surface area contributed by atoms with E-state index < -0.39 is 52.3 Å². The summed E-state index contributed by atoms with van der Waals surface area (Å²) in [5.74, 6) is -9.61. The van der Waals surface area contributed by atoms with Gasteiger partial charge in [-0.3, -0.25) is 0 Å². The van der Waals surface area contributed by atoms with E-state index >= 15 is 4.39 Å². The fourth-order valence-corrected chi connectivity index (χ4v) is 6.55. The first-order chi connectivity index (χ1) is 20.5. The van der Waals surface area contributed by atoms with E-state index in [4.69, 9.17) is 0 Å². The van der Waals surface area contributed by atoms with Crippen LogP contribution in [-0.4, -0.2) is 11.0 Å². The van der Waals surface area contributed by atoms with Gasteiger partial charge in [-0.05, 0) is 77.8 Å². The van der Waals surface area contributed by atoms with Crippen molar-refractivity contribution in [3.63, 3.8) is 0 Å². The molecule has 0 N–H and O–H groups in total. The molecule has 43 heavy (non-hydrogen) atoms. The van der Waals surface area contributed by atoms with Crippen molar-refractivity contribution in [2.45, 2.75) is 49.9 Å². The lowest BCUT2D eigenvalue weighted by Crippen LogP contribution is -2.25. The first kappa shape index (κ1) is 30.9. The van der Waals surface area contributed by atoms with Crippen molar-refractivity contribution in [1.29, 1.82) is 0 Å². The average molecular weight is 623 g/mol. The number of benzene rings is 4. The smallest absolute Gasteiger partial charge is 0.429 e. The molecule has 4 aromatic rings. The van der Waals surface area contributed by atoms with Crippen LogP contribution in [0.15, 0.2) is 66.7 Å². The highest BCUT2D eigenvalue weighted by Gasteiger charge is 2.41. The van der Waals surface area contributed by atoms with Crippen molar-refractivity contribution in [2.75, 3.05) is 5.75 Å². The molecule has 1 fully saturated rings. The minimum atomic E-state index is -4.74. The molecule has 4 aromatic carbocycles. The third-order valence-corrected chi connectivity index (χ3v) is 8.88. The van der Waals surface area contributed by atoms with Crippen LogP contribution < -0.4 is 4.74 Å². The zero-order valence-corrected chi connectivity index (χ0v) is 23.7. The van der Waals surface area contributed by atoms with E-state index in [9.17, 15) is 30.7 Å². The lowest BCUT2D eigenvalue weighted by atomic mass is 9.83. The maximum atomic E-state index is 15.2. The van der Waals surface area contributed by atoms with E-state index in [2.05, 4.69) is 11.7 Å². The van der Waals surface area contributed by atoms with Gasteiger partial charge in [0.2, 0.25) is 0 Å². The van der Waals surface area contributed by atoms with Crippen molar-refractivity contribution in [1.82, 2.24) is 0 Å². The van der Waals surface area contributed by atoms with Crippen molar-refractivity contribution in [3.05, 3.63) is 113 Å². The molecular formula is C33H26F8OS. The summed E-state index contributed by atoms with van der Waals surface area (Å²) in [4.78, 5) is 0. The van der Waals surface area contributed by atoms with Gasteiger partial charge in [0, 0.05) is 22.9 Å². The van der Waals surface area contributed by atoms with Gasteiger partial charge in [-0.15, -0.1) is 0 Å². The Bertz CT molecular complexity index is 1570. The number of halogens is 8. The predicted molar refractivity (Wildman–Crippen MR) is 151 cm³/mol. The first-order valence-corrected chi connectivity index (χ1v) is 14.7. The lowest BCUT2D eigenvalue weighted by molar-refractivity contribution is -0.189. The molecule has 0 saturated heterocycles. The zero-order valence-electron chi connectivity index (χ0n) is 22.9. The molecule has 0 amide bonds. The molecule has 1 aliphatic rings. The lowest BCUT2D eigenvalue weighted by Gasteiger charge is -2.28. The standard InChI is InChI=1S/C33H26F8OS/c1-2-43-24-10-7-19(8-11-24)18-3-5-20(6-4-18)21-9-12-25(26(34)13-21)22-14-27(35)31(28(36)15-22)33(40,41)42-23-16-29(37)32(39)30(38)17-23/h3-6,9,12-17,19,24H,2,7-8,10-11H2,1H3. The highest BCUT2D eigenvalue weighted by Crippen LogP contribution is 2.40. The monoisotopic (exact) mass is 622 g/mol.